The number of hydrogen-bond acceptors (Lipinski definition) is 5. The summed E-state index contributed by atoms with van der Waals surface area (Å²) in [6.07, 6.45) is 3.57. The van der Waals surface area contributed by atoms with Crippen molar-refractivity contribution in [2.45, 2.75) is 45.6 Å². The lowest BCUT2D eigenvalue weighted by Gasteiger charge is -2.27. The zero-order valence-electron chi connectivity index (χ0n) is 12.0. The molecule has 0 bridgehead atoms. The fourth-order valence-corrected chi connectivity index (χ4v) is 2.48. The summed E-state index contributed by atoms with van der Waals surface area (Å²) in [5.74, 6) is 0.154. The van der Waals surface area contributed by atoms with Gasteiger partial charge in [0, 0.05) is 18.3 Å². The summed E-state index contributed by atoms with van der Waals surface area (Å²) < 4.78 is 5.42. The van der Waals surface area contributed by atoms with E-state index in [2.05, 4.69) is 9.97 Å². The number of ether oxygens (including phenoxy) is 1. The lowest BCUT2D eigenvalue weighted by atomic mass is 10.1. The number of aliphatic carboxylic acids is 1. The van der Waals surface area contributed by atoms with E-state index in [1.807, 2.05) is 13.8 Å². The molecule has 1 N–H and O–H groups in total. The molecular weight excluding hydrogens is 258 g/mol. The van der Waals surface area contributed by atoms with Crippen LogP contribution in [0.3, 0.4) is 0 Å². The Labute approximate surface area is 118 Å². The Kier molecular flexibility index (Phi) is 4.76. The van der Waals surface area contributed by atoms with E-state index in [-0.39, 0.29) is 0 Å². The lowest BCUT2D eigenvalue weighted by Crippen LogP contribution is -2.42. The number of carboxylic acids is 1. The van der Waals surface area contributed by atoms with E-state index >= 15 is 0 Å². The van der Waals surface area contributed by atoms with Crippen molar-refractivity contribution in [1.29, 1.82) is 0 Å². The van der Waals surface area contributed by atoms with Crippen LogP contribution in [0.15, 0.2) is 6.07 Å². The predicted octanol–water partition coefficient (Wildman–Crippen LogP) is 2.02. The third-order valence-electron chi connectivity index (χ3n) is 3.41. The van der Waals surface area contributed by atoms with Crippen LogP contribution in [0.5, 0.6) is 5.88 Å². The zero-order valence-corrected chi connectivity index (χ0v) is 12.0. The number of aryl methyl sites for hydroxylation is 1. The van der Waals surface area contributed by atoms with E-state index in [1.165, 1.54) is 0 Å². The molecule has 1 atom stereocenters. The molecule has 1 saturated heterocycles. The highest BCUT2D eigenvalue weighted by Crippen LogP contribution is 2.23. The van der Waals surface area contributed by atoms with Crippen molar-refractivity contribution in [2.75, 3.05) is 18.1 Å². The van der Waals surface area contributed by atoms with Gasteiger partial charge in [-0.25, -0.2) is 9.78 Å². The molecule has 2 rings (SSSR count). The summed E-state index contributed by atoms with van der Waals surface area (Å²) in [5.41, 5.74) is 0.784. The SMILES string of the molecule is CCOc1cc(C)nc(N2CCCCCC2C(=O)O)n1. The van der Waals surface area contributed by atoms with Gasteiger partial charge in [0.1, 0.15) is 6.04 Å². The predicted molar refractivity (Wildman–Crippen MR) is 75.2 cm³/mol. The molecule has 6 nitrogen and oxygen atoms in total. The van der Waals surface area contributed by atoms with Crippen LogP contribution < -0.4 is 9.64 Å². The maximum absolute atomic E-state index is 11.5. The van der Waals surface area contributed by atoms with Crippen LogP contribution in [-0.4, -0.2) is 40.2 Å². The number of anilines is 1. The van der Waals surface area contributed by atoms with Crippen LogP contribution in [0, 0.1) is 6.92 Å². The van der Waals surface area contributed by atoms with Gasteiger partial charge in [0.05, 0.1) is 6.61 Å². The van der Waals surface area contributed by atoms with Crippen LogP contribution in [0.25, 0.3) is 0 Å². The number of carboxylic acid groups (broad SMARTS) is 1. The van der Waals surface area contributed by atoms with Gasteiger partial charge < -0.3 is 14.7 Å². The van der Waals surface area contributed by atoms with E-state index in [0.29, 0.717) is 31.4 Å². The molecule has 0 radical (unpaired) electrons. The molecule has 2 heterocycles. The van der Waals surface area contributed by atoms with Crippen LogP contribution in [0.2, 0.25) is 0 Å². The fraction of sp³-hybridized carbons (Fsp3) is 0.643. The molecule has 6 heteroatoms. The maximum atomic E-state index is 11.5. The van der Waals surface area contributed by atoms with Crippen molar-refractivity contribution in [3.8, 4) is 5.88 Å². The summed E-state index contributed by atoms with van der Waals surface area (Å²) >= 11 is 0. The van der Waals surface area contributed by atoms with E-state index in [0.717, 1.165) is 25.0 Å². The van der Waals surface area contributed by atoms with Gasteiger partial charge >= 0.3 is 5.97 Å². The summed E-state index contributed by atoms with van der Waals surface area (Å²) in [4.78, 5) is 22.0. The van der Waals surface area contributed by atoms with Gasteiger partial charge in [-0.3, -0.25) is 0 Å². The highest BCUT2D eigenvalue weighted by atomic mass is 16.5. The molecule has 0 spiro atoms. The van der Waals surface area contributed by atoms with Gasteiger partial charge in [0.15, 0.2) is 0 Å². The van der Waals surface area contributed by atoms with E-state index < -0.39 is 12.0 Å². The first-order valence-electron chi connectivity index (χ1n) is 7.09. The molecule has 20 heavy (non-hydrogen) atoms. The summed E-state index contributed by atoms with van der Waals surface area (Å²) in [7, 11) is 0. The van der Waals surface area contributed by atoms with Gasteiger partial charge in [-0.2, -0.15) is 4.98 Å². The van der Waals surface area contributed by atoms with Crippen molar-refractivity contribution < 1.29 is 14.6 Å². The highest BCUT2D eigenvalue weighted by molar-refractivity contribution is 5.77. The molecule has 1 fully saturated rings. The topological polar surface area (TPSA) is 75.5 Å². The first-order valence-corrected chi connectivity index (χ1v) is 7.09. The zero-order chi connectivity index (χ0) is 14.5. The van der Waals surface area contributed by atoms with Gasteiger partial charge in [0.25, 0.3) is 0 Å². The Morgan fingerprint density at radius 1 is 1.45 bits per heavy atom. The number of nitrogens with zero attached hydrogens (tertiary/aromatic N) is 3. The van der Waals surface area contributed by atoms with Crippen LogP contribution in [0.1, 0.15) is 38.3 Å². The summed E-state index contributed by atoms with van der Waals surface area (Å²) in [6.45, 7) is 4.95. The van der Waals surface area contributed by atoms with Crippen LogP contribution in [0.4, 0.5) is 5.95 Å². The molecule has 1 aliphatic heterocycles. The third kappa shape index (κ3) is 3.37. The lowest BCUT2D eigenvalue weighted by molar-refractivity contribution is -0.138. The Morgan fingerprint density at radius 3 is 2.95 bits per heavy atom. The number of carbonyl (C=O) groups is 1. The Balaban J connectivity index is 2.32. The first kappa shape index (κ1) is 14.6. The average molecular weight is 279 g/mol. The molecule has 1 unspecified atom stereocenters. The van der Waals surface area contributed by atoms with E-state index in [4.69, 9.17) is 4.74 Å². The smallest absolute Gasteiger partial charge is 0.326 e. The molecule has 1 aromatic rings. The molecule has 0 amide bonds. The van der Waals surface area contributed by atoms with Crippen molar-refractivity contribution >= 4 is 11.9 Å². The molecular formula is C14H21N3O3. The monoisotopic (exact) mass is 279 g/mol. The Hall–Kier alpha value is -1.85. The number of rotatable bonds is 4. The summed E-state index contributed by atoms with van der Waals surface area (Å²) in [5, 5.41) is 9.41. The average Bonchev–Trinajstić information content (AvgIpc) is 2.63. The minimum absolute atomic E-state index is 0.461. The molecule has 0 aromatic carbocycles. The third-order valence-corrected chi connectivity index (χ3v) is 3.41. The van der Waals surface area contributed by atoms with Crippen molar-refractivity contribution in [1.82, 2.24) is 9.97 Å². The van der Waals surface area contributed by atoms with Gasteiger partial charge in [-0.05, 0) is 26.7 Å². The standard InChI is InChI=1S/C14H21N3O3/c1-3-20-12-9-10(2)15-14(16-12)17-8-6-4-5-7-11(17)13(18)19/h9,11H,3-8H2,1-2H3,(H,18,19). The molecule has 0 aliphatic carbocycles. The Bertz CT molecular complexity index is 479. The van der Waals surface area contributed by atoms with Crippen molar-refractivity contribution in [3.05, 3.63) is 11.8 Å². The van der Waals surface area contributed by atoms with Crippen LogP contribution in [-0.2, 0) is 4.79 Å². The van der Waals surface area contributed by atoms with Gasteiger partial charge in [0.2, 0.25) is 11.8 Å². The maximum Gasteiger partial charge on any atom is 0.326 e. The first-order chi connectivity index (χ1) is 9.61. The summed E-state index contributed by atoms with van der Waals surface area (Å²) in [6, 6.07) is 1.22. The van der Waals surface area contributed by atoms with Gasteiger partial charge in [-0.1, -0.05) is 12.8 Å². The minimum Gasteiger partial charge on any atom is -0.480 e. The minimum atomic E-state index is -0.810. The second-order valence-electron chi connectivity index (χ2n) is 4.98. The highest BCUT2D eigenvalue weighted by Gasteiger charge is 2.29. The Morgan fingerprint density at radius 2 is 2.25 bits per heavy atom. The number of hydrogen-bond donors (Lipinski definition) is 1. The molecule has 110 valence electrons. The van der Waals surface area contributed by atoms with Gasteiger partial charge in [-0.15, -0.1) is 0 Å². The molecule has 1 aliphatic rings. The molecule has 0 saturated carbocycles. The van der Waals surface area contributed by atoms with E-state index in [1.54, 1.807) is 11.0 Å². The second kappa shape index (κ2) is 6.54. The van der Waals surface area contributed by atoms with Crippen molar-refractivity contribution in [3.63, 3.8) is 0 Å². The number of aromatic nitrogens is 2. The van der Waals surface area contributed by atoms with Crippen molar-refractivity contribution in [2.24, 2.45) is 0 Å². The molecule has 1 aromatic heterocycles. The normalized spacial score (nSPS) is 19.5. The van der Waals surface area contributed by atoms with E-state index in [9.17, 15) is 9.90 Å². The quantitative estimate of drug-likeness (QED) is 0.908. The second-order valence-corrected chi connectivity index (χ2v) is 4.98. The largest absolute Gasteiger partial charge is 0.480 e. The fourth-order valence-electron chi connectivity index (χ4n) is 2.48. The van der Waals surface area contributed by atoms with Crippen LogP contribution >= 0.6 is 0 Å².